The fraction of sp³-hybridized carbons (Fsp3) is 0.962. The number of unbranched alkanes of at least 4 members (excludes halogenated alkanes) is 40. The summed E-state index contributed by atoms with van der Waals surface area (Å²) in [6, 6.07) is 0. The van der Waals surface area contributed by atoms with Crippen LogP contribution in [0.3, 0.4) is 0 Å². The summed E-state index contributed by atoms with van der Waals surface area (Å²) < 4.78 is 0. The van der Waals surface area contributed by atoms with E-state index in [0.29, 0.717) is 6.17 Å². The average molecular weight is 757 g/mol. The van der Waals surface area contributed by atoms with Crippen LogP contribution in [0.2, 0.25) is 0 Å². The molecule has 0 spiro atoms. The Kier molecular flexibility index (Phi) is 41.3. The third-order valence-electron chi connectivity index (χ3n) is 12.8. The van der Waals surface area contributed by atoms with E-state index >= 15 is 0 Å². The molecule has 1 aliphatic heterocycles. The van der Waals surface area contributed by atoms with Gasteiger partial charge in [0.25, 0.3) is 0 Å². The van der Waals surface area contributed by atoms with Crippen LogP contribution in [0.25, 0.3) is 0 Å². The predicted molar refractivity (Wildman–Crippen MR) is 247 cm³/mol. The molecule has 0 bridgehead atoms. The summed E-state index contributed by atoms with van der Waals surface area (Å²) in [6.45, 7) is 9.50. The van der Waals surface area contributed by atoms with Gasteiger partial charge in [0.05, 0.1) is 0 Å². The summed E-state index contributed by atoms with van der Waals surface area (Å²) in [4.78, 5) is 5.49. The Labute approximate surface area is 343 Å². The molecule has 54 heavy (non-hydrogen) atoms. The second-order valence-electron chi connectivity index (χ2n) is 18.2. The van der Waals surface area contributed by atoms with Crippen molar-refractivity contribution in [2.75, 3.05) is 13.1 Å². The third kappa shape index (κ3) is 34.6. The van der Waals surface area contributed by atoms with Gasteiger partial charge in [0.15, 0.2) is 0 Å². The molecule has 322 valence electrons. The van der Waals surface area contributed by atoms with E-state index in [9.17, 15) is 0 Å². The van der Waals surface area contributed by atoms with Crippen molar-refractivity contribution < 1.29 is 0 Å². The predicted octanol–water partition coefficient (Wildman–Crippen LogP) is 18.6. The molecule has 0 radical (unpaired) electrons. The van der Waals surface area contributed by atoms with Crippen LogP contribution >= 0.6 is 0 Å². The normalized spacial score (nSPS) is 14.3. The average Bonchev–Trinajstić information content (AvgIpc) is 3.57. The first-order valence-electron chi connectivity index (χ1n) is 26.0. The Morgan fingerprint density at radius 3 is 0.648 bits per heavy atom. The highest BCUT2D eigenvalue weighted by atomic mass is 15.4. The molecular formula is C52H104N2. The maximum absolute atomic E-state index is 2.74. The third-order valence-corrected chi connectivity index (χ3v) is 12.8. The van der Waals surface area contributed by atoms with Crippen molar-refractivity contribution in [3.8, 4) is 0 Å². The first-order valence-corrected chi connectivity index (χ1v) is 26.0. The lowest BCUT2D eigenvalue weighted by Gasteiger charge is -2.33. The van der Waals surface area contributed by atoms with Gasteiger partial charge in [-0.3, -0.25) is 0 Å². The molecule has 0 N–H and O–H groups in total. The minimum absolute atomic E-state index is 0.635. The Morgan fingerprint density at radius 1 is 0.241 bits per heavy atom. The van der Waals surface area contributed by atoms with Crippen LogP contribution in [0.1, 0.15) is 303 Å². The lowest BCUT2D eigenvalue weighted by atomic mass is 10.0. The molecule has 0 aromatic carbocycles. The lowest BCUT2D eigenvalue weighted by molar-refractivity contribution is 0.135. The number of hydrogen-bond acceptors (Lipinski definition) is 2. The van der Waals surface area contributed by atoms with Crippen molar-refractivity contribution in [3.05, 3.63) is 12.4 Å². The quantitative estimate of drug-likeness (QED) is 0.0571. The van der Waals surface area contributed by atoms with Crippen LogP contribution in [-0.2, 0) is 0 Å². The summed E-state index contributed by atoms with van der Waals surface area (Å²) in [5.74, 6) is 0. The van der Waals surface area contributed by atoms with Gasteiger partial charge in [0.1, 0.15) is 6.17 Å². The minimum atomic E-state index is 0.635. The van der Waals surface area contributed by atoms with Gasteiger partial charge in [-0.2, -0.15) is 0 Å². The molecule has 1 unspecified atom stereocenters. The molecule has 0 aromatic rings. The van der Waals surface area contributed by atoms with Gasteiger partial charge >= 0.3 is 0 Å². The lowest BCUT2D eigenvalue weighted by Crippen LogP contribution is -2.39. The zero-order chi connectivity index (χ0) is 38.7. The van der Waals surface area contributed by atoms with Gasteiger partial charge in [-0.1, -0.05) is 278 Å². The number of rotatable bonds is 46. The summed E-state index contributed by atoms with van der Waals surface area (Å²) in [7, 11) is 0. The second kappa shape index (κ2) is 43.5. The summed E-state index contributed by atoms with van der Waals surface area (Å²) in [5, 5.41) is 0. The molecule has 0 saturated carbocycles. The first-order chi connectivity index (χ1) is 26.8. The van der Waals surface area contributed by atoms with E-state index in [4.69, 9.17) is 0 Å². The maximum atomic E-state index is 2.74. The number of hydrogen-bond donors (Lipinski definition) is 0. The van der Waals surface area contributed by atoms with Crippen molar-refractivity contribution in [3.63, 3.8) is 0 Å². The Bertz CT molecular complexity index is 717. The molecule has 2 nitrogen and oxygen atoms in total. The summed E-state index contributed by atoms with van der Waals surface area (Å²) in [5.41, 5.74) is 0. The monoisotopic (exact) mass is 757 g/mol. The molecule has 1 heterocycles. The molecule has 1 rings (SSSR count). The molecular weight excluding hydrogens is 653 g/mol. The van der Waals surface area contributed by atoms with Gasteiger partial charge in [-0.15, -0.1) is 0 Å². The summed E-state index contributed by atoms with van der Waals surface area (Å²) in [6.07, 6.45) is 69.3. The van der Waals surface area contributed by atoms with Crippen LogP contribution in [0.5, 0.6) is 0 Å². The van der Waals surface area contributed by atoms with Crippen LogP contribution in [-0.4, -0.2) is 29.1 Å². The highest BCUT2D eigenvalue weighted by Crippen LogP contribution is 2.24. The minimum Gasteiger partial charge on any atom is -0.356 e. The molecule has 0 fully saturated rings. The van der Waals surface area contributed by atoms with Crippen molar-refractivity contribution in [2.45, 2.75) is 309 Å². The smallest absolute Gasteiger partial charge is 0.101 e. The van der Waals surface area contributed by atoms with E-state index in [1.165, 1.54) is 296 Å². The first kappa shape index (κ1) is 51.4. The number of nitrogens with zero attached hydrogens (tertiary/aromatic N) is 2. The zero-order valence-corrected chi connectivity index (χ0v) is 38.2. The fourth-order valence-corrected chi connectivity index (χ4v) is 9.02. The molecule has 0 aliphatic carbocycles. The second-order valence-corrected chi connectivity index (χ2v) is 18.2. The van der Waals surface area contributed by atoms with Gasteiger partial charge in [-0.05, 0) is 25.7 Å². The van der Waals surface area contributed by atoms with Crippen molar-refractivity contribution in [2.24, 2.45) is 0 Å². The van der Waals surface area contributed by atoms with Crippen molar-refractivity contribution >= 4 is 0 Å². The fourth-order valence-electron chi connectivity index (χ4n) is 9.02. The Balaban J connectivity index is 2.20. The maximum Gasteiger partial charge on any atom is 0.101 e. The van der Waals surface area contributed by atoms with Gasteiger partial charge in [-0.25, -0.2) is 0 Å². The highest BCUT2D eigenvalue weighted by Gasteiger charge is 2.25. The molecule has 0 saturated heterocycles. The molecule has 0 aromatic heterocycles. The van der Waals surface area contributed by atoms with Gasteiger partial charge < -0.3 is 9.80 Å². The highest BCUT2D eigenvalue weighted by molar-refractivity contribution is 4.97. The largest absolute Gasteiger partial charge is 0.356 e. The van der Waals surface area contributed by atoms with E-state index in [1.54, 1.807) is 0 Å². The SMILES string of the molecule is CCCCCCCCCCCCCCCCCN1C=CN(CCCCCCCCCCCCCCCC)C1CCCCCCCCCCCCCCCC. The Morgan fingerprint density at radius 2 is 0.426 bits per heavy atom. The zero-order valence-electron chi connectivity index (χ0n) is 38.2. The van der Waals surface area contributed by atoms with Gasteiger partial charge in [0, 0.05) is 25.5 Å². The van der Waals surface area contributed by atoms with Crippen molar-refractivity contribution in [1.82, 2.24) is 9.80 Å². The van der Waals surface area contributed by atoms with E-state index in [1.807, 2.05) is 0 Å². The molecule has 2 heteroatoms. The molecule has 1 atom stereocenters. The van der Waals surface area contributed by atoms with E-state index in [-0.39, 0.29) is 0 Å². The topological polar surface area (TPSA) is 6.48 Å². The molecule has 0 amide bonds. The van der Waals surface area contributed by atoms with Crippen LogP contribution < -0.4 is 0 Å². The standard InChI is InChI=1S/C52H104N2/c1-4-7-10-13-16-19-22-25-28-31-34-37-40-43-46-49-54-51-50-53(48-45-42-39-36-33-30-27-24-21-18-15-12-9-6-3)52(54)47-44-41-38-35-32-29-26-23-20-17-14-11-8-5-2/h50-52H,4-49H2,1-3H3. The summed E-state index contributed by atoms with van der Waals surface area (Å²) >= 11 is 0. The van der Waals surface area contributed by atoms with E-state index in [0.717, 1.165) is 0 Å². The van der Waals surface area contributed by atoms with Crippen LogP contribution in [0.15, 0.2) is 12.4 Å². The van der Waals surface area contributed by atoms with Crippen LogP contribution in [0, 0.1) is 0 Å². The Hall–Kier alpha value is -0.660. The van der Waals surface area contributed by atoms with E-state index in [2.05, 4.69) is 43.0 Å². The van der Waals surface area contributed by atoms with Crippen LogP contribution in [0.4, 0.5) is 0 Å². The van der Waals surface area contributed by atoms with E-state index < -0.39 is 0 Å². The molecule has 1 aliphatic rings. The van der Waals surface area contributed by atoms with Crippen molar-refractivity contribution in [1.29, 1.82) is 0 Å². The van der Waals surface area contributed by atoms with Gasteiger partial charge in [0.2, 0.25) is 0 Å².